The van der Waals surface area contributed by atoms with Crippen LogP contribution in [0.3, 0.4) is 0 Å². The molecule has 6 heteroatoms. The van der Waals surface area contributed by atoms with Crippen LogP contribution < -0.4 is 10.9 Å². The van der Waals surface area contributed by atoms with Gasteiger partial charge >= 0.3 is 0 Å². The lowest BCUT2D eigenvalue weighted by atomic mass is 10.0. The van der Waals surface area contributed by atoms with Crippen LogP contribution in [0.5, 0.6) is 0 Å². The van der Waals surface area contributed by atoms with Gasteiger partial charge in [-0.2, -0.15) is 5.10 Å². The van der Waals surface area contributed by atoms with Crippen molar-refractivity contribution in [2.24, 2.45) is 0 Å². The van der Waals surface area contributed by atoms with Crippen molar-refractivity contribution in [3.8, 4) is 0 Å². The fourth-order valence-electron chi connectivity index (χ4n) is 2.44. The molecule has 0 spiro atoms. The minimum atomic E-state index is -0.0792. The Bertz CT molecular complexity index is 488. The van der Waals surface area contributed by atoms with Crippen molar-refractivity contribution in [2.45, 2.75) is 38.8 Å². The number of rotatable bonds is 4. The first-order valence-electron chi connectivity index (χ1n) is 6.83. The van der Waals surface area contributed by atoms with Gasteiger partial charge in [-0.25, -0.2) is 4.68 Å². The number of nitrogens with one attached hydrogen (secondary N) is 1. The van der Waals surface area contributed by atoms with E-state index in [1.807, 2.05) is 6.92 Å². The van der Waals surface area contributed by atoms with Gasteiger partial charge in [-0.1, -0.05) is 6.42 Å². The Morgan fingerprint density at radius 1 is 1.53 bits per heavy atom. The van der Waals surface area contributed by atoms with E-state index in [1.54, 1.807) is 6.20 Å². The molecule has 0 radical (unpaired) electrons. The number of likely N-dealkylation sites (tertiary alicyclic amines) is 1. The number of hydrogen-bond donors (Lipinski definition) is 1. The lowest BCUT2D eigenvalue weighted by Crippen LogP contribution is -2.41. The number of likely N-dealkylation sites (N-methyl/N-ethyl adjacent to an activating group) is 1. The SMILES string of the molecule is CCn1ncc(NCC2CCCCN2C)c(Br)c1=O. The van der Waals surface area contributed by atoms with Crippen molar-refractivity contribution in [2.75, 3.05) is 25.5 Å². The Kier molecular flexibility index (Phi) is 4.99. The number of hydrogen-bond acceptors (Lipinski definition) is 4. The molecule has 2 rings (SSSR count). The summed E-state index contributed by atoms with van der Waals surface area (Å²) in [5.41, 5.74) is 0.707. The summed E-state index contributed by atoms with van der Waals surface area (Å²) in [5.74, 6) is 0. The number of aryl methyl sites for hydroxylation is 1. The molecule has 0 bridgehead atoms. The smallest absolute Gasteiger partial charge is 0.283 e. The fraction of sp³-hybridized carbons (Fsp3) is 0.692. The molecule has 1 saturated heterocycles. The summed E-state index contributed by atoms with van der Waals surface area (Å²) in [6.07, 6.45) is 5.50. The van der Waals surface area contributed by atoms with Gasteiger partial charge in [-0.15, -0.1) is 0 Å². The molecule has 1 atom stereocenters. The molecule has 19 heavy (non-hydrogen) atoms. The minimum Gasteiger partial charge on any atom is -0.381 e. The van der Waals surface area contributed by atoms with Gasteiger partial charge < -0.3 is 10.2 Å². The van der Waals surface area contributed by atoms with Crippen LogP contribution in [0.25, 0.3) is 0 Å². The molecule has 1 aromatic rings. The molecule has 1 fully saturated rings. The second kappa shape index (κ2) is 6.52. The summed E-state index contributed by atoms with van der Waals surface area (Å²) in [4.78, 5) is 14.3. The lowest BCUT2D eigenvalue weighted by Gasteiger charge is -2.32. The molecule has 2 heterocycles. The van der Waals surface area contributed by atoms with Gasteiger partial charge in [-0.3, -0.25) is 4.79 Å². The summed E-state index contributed by atoms with van der Waals surface area (Å²) in [7, 11) is 2.16. The van der Waals surface area contributed by atoms with Gasteiger partial charge in [-0.05, 0) is 49.3 Å². The Hall–Kier alpha value is -0.880. The van der Waals surface area contributed by atoms with Crippen molar-refractivity contribution in [1.82, 2.24) is 14.7 Å². The molecular formula is C13H21BrN4O. The first kappa shape index (κ1) is 14.5. The normalized spacial score (nSPS) is 20.5. The zero-order valence-corrected chi connectivity index (χ0v) is 13.1. The molecule has 1 aromatic heterocycles. The fourth-order valence-corrected chi connectivity index (χ4v) is 2.89. The first-order valence-corrected chi connectivity index (χ1v) is 7.62. The average molecular weight is 329 g/mol. The first-order chi connectivity index (χ1) is 9.13. The highest BCUT2D eigenvalue weighted by atomic mass is 79.9. The zero-order valence-electron chi connectivity index (χ0n) is 11.5. The summed E-state index contributed by atoms with van der Waals surface area (Å²) in [6, 6.07) is 0.536. The zero-order chi connectivity index (χ0) is 13.8. The van der Waals surface area contributed by atoms with Crippen LogP contribution in [0.2, 0.25) is 0 Å². The van der Waals surface area contributed by atoms with Gasteiger partial charge in [0, 0.05) is 19.1 Å². The predicted molar refractivity (Wildman–Crippen MR) is 80.6 cm³/mol. The van der Waals surface area contributed by atoms with Gasteiger partial charge in [0.05, 0.1) is 11.9 Å². The number of anilines is 1. The molecule has 0 aromatic carbocycles. The lowest BCUT2D eigenvalue weighted by molar-refractivity contribution is 0.194. The Morgan fingerprint density at radius 2 is 2.32 bits per heavy atom. The van der Waals surface area contributed by atoms with Crippen LogP contribution in [0.1, 0.15) is 26.2 Å². The standard InChI is InChI=1S/C13H21BrN4O/c1-3-18-13(19)12(14)11(9-16-18)15-8-10-6-4-5-7-17(10)2/h9-10,15H,3-8H2,1-2H3. The molecule has 1 aliphatic heterocycles. The van der Waals surface area contributed by atoms with Gasteiger partial charge in [0.25, 0.3) is 5.56 Å². The molecule has 1 N–H and O–H groups in total. The number of nitrogens with zero attached hydrogens (tertiary/aromatic N) is 3. The van der Waals surface area contributed by atoms with E-state index in [0.29, 0.717) is 17.1 Å². The van der Waals surface area contributed by atoms with E-state index in [-0.39, 0.29) is 5.56 Å². The van der Waals surface area contributed by atoms with E-state index >= 15 is 0 Å². The molecule has 1 aliphatic rings. The summed E-state index contributed by atoms with van der Waals surface area (Å²) in [5, 5.41) is 7.48. The van der Waals surface area contributed by atoms with Crippen LogP contribution >= 0.6 is 15.9 Å². The minimum absolute atomic E-state index is 0.0792. The maximum absolute atomic E-state index is 11.9. The van der Waals surface area contributed by atoms with E-state index in [2.05, 4.69) is 38.3 Å². The third-order valence-electron chi connectivity index (χ3n) is 3.73. The molecule has 5 nitrogen and oxygen atoms in total. The number of piperidine rings is 1. The Morgan fingerprint density at radius 3 is 3.00 bits per heavy atom. The molecule has 0 amide bonds. The van der Waals surface area contributed by atoms with Crippen LogP contribution in [0, 0.1) is 0 Å². The van der Waals surface area contributed by atoms with Crippen molar-refractivity contribution in [3.63, 3.8) is 0 Å². The largest absolute Gasteiger partial charge is 0.381 e. The van der Waals surface area contributed by atoms with Crippen molar-refractivity contribution in [3.05, 3.63) is 21.0 Å². The highest BCUT2D eigenvalue weighted by molar-refractivity contribution is 9.10. The number of aromatic nitrogens is 2. The summed E-state index contributed by atoms with van der Waals surface area (Å²) < 4.78 is 2.02. The molecule has 0 aliphatic carbocycles. The van der Waals surface area contributed by atoms with Gasteiger partial charge in [0.2, 0.25) is 0 Å². The molecule has 1 unspecified atom stereocenters. The highest BCUT2D eigenvalue weighted by Crippen LogP contribution is 2.19. The molecular weight excluding hydrogens is 308 g/mol. The maximum atomic E-state index is 11.9. The monoisotopic (exact) mass is 328 g/mol. The van der Waals surface area contributed by atoms with Crippen LogP contribution in [-0.2, 0) is 6.54 Å². The molecule has 0 saturated carbocycles. The van der Waals surface area contributed by atoms with Crippen molar-refractivity contribution < 1.29 is 0 Å². The van der Waals surface area contributed by atoms with E-state index in [1.165, 1.54) is 23.9 Å². The third kappa shape index (κ3) is 3.36. The Balaban J connectivity index is 2.03. The van der Waals surface area contributed by atoms with E-state index < -0.39 is 0 Å². The van der Waals surface area contributed by atoms with Gasteiger partial charge in [0.1, 0.15) is 4.47 Å². The Labute approximate surface area is 122 Å². The predicted octanol–water partition coefficient (Wildman–Crippen LogP) is 1.92. The highest BCUT2D eigenvalue weighted by Gasteiger charge is 2.19. The average Bonchev–Trinajstić information content (AvgIpc) is 2.42. The van der Waals surface area contributed by atoms with E-state index in [0.717, 1.165) is 18.8 Å². The molecule has 106 valence electrons. The van der Waals surface area contributed by atoms with Crippen molar-refractivity contribution in [1.29, 1.82) is 0 Å². The van der Waals surface area contributed by atoms with Crippen LogP contribution in [0.4, 0.5) is 5.69 Å². The summed E-state index contributed by atoms with van der Waals surface area (Å²) >= 11 is 3.36. The van der Waals surface area contributed by atoms with E-state index in [9.17, 15) is 4.79 Å². The van der Waals surface area contributed by atoms with Crippen LogP contribution in [-0.4, -0.2) is 40.9 Å². The van der Waals surface area contributed by atoms with Crippen molar-refractivity contribution >= 4 is 21.6 Å². The third-order valence-corrected chi connectivity index (χ3v) is 4.50. The van der Waals surface area contributed by atoms with Gasteiger partial charge in [0.15, 0.2) is 0 Å². The maximum Gasteiger partial charge on any atom is 0.283 e. The quantitative estimate of drug-likeness (QED) is 0.917. The van der Waals surface area contributed by atoms with E-state index in [4.69, 9.17) is 0 Å². The topological polar surface area (TPSA) is 50.2 Å². The summed E-state index contributed by atoms with van der Waals surface area (Å²) in [6.45, 7) is 4.50. The number of halogens is 1. The second-order valence-corrected chi connectivity index (χ2v) is 5.80. The van der Waals surface area contributed by atoms with Crippen LogP contribution in [0.15, 0.2) is 15.5 Å². The second-order valence-electron chi connectivity index (χ2n) is 5.00.